The highest BCUT2D eigenvalue weighted by atomic mass is 16.3. The van der Waals surface area contributed by atoms with Crippen LogP contribution in [0.2, 0.25) is 0 Å². The van der Waals surface area contributed by atoms with Gasteiger partial charge in [0.15, 0.2) is 0 Å². The summed E-state index contributed by atoms with van der Waals surface area (Å²) in [5.74, 6) is -1.01. The number of rotatable bonds is 5. The molecule has 132 valence electrons. The Bertz CT molecular complexity index is 890. The molecule has 26 heavy (non-hydrogen) atoms. The fourth-order valence-electron chi connectivity index (χ4n) is 3.23. The zero-order valence-corrected chi connectivity index (χ0v) is 14.0. The molecule has 1 saturated carbocycles. The lowest BCUT2D eigenvalue weighted by molar-refractivity contribution is 0.0642. The zero-order valence-electron chi connectivity index (χ0n) is 14.0. The maximum Gasteiger partial charge on any atom is 0.261 e. The minimum absolute atomic E-state index is 0.00322. The van der Waals surface area contributed by atoms with Crippen LogP contribution < -0.4 is 5.32 Å². The second-order valence-corrected chi connectivity index (χ2v) is 6.59. The molecule has 0 bridgehead atoms. The van der Waals surface area contributed by atoms with E-state index in [9.17, 15) is 19.5 Å². The van der Waals surface area contributed by atoms with Crippen LogP contribution in [0.1, 0.15) is 55.5 Å². The average molecular weight is 350 g/mol. The number of fused-ring (bicyclic) bond motifs is 1. The van der Waals surface area contributed by atoms with Gasteiger partial charge in [0.2, 0.25) is 0 Å². The molecule has 2 aromatic carbocycles. The van der Waals surface area contributed by atoms with Crippen molar-refractivity contribution in [3.8, 4) is 0 Å². The first kappa shape index (κ1) is 16.5. The van der Waals surface area contributed by atoms with E-state index in [2.05, 4.69) is 5.32 Å². The van der Waals surface area contributed by atoms with Crippen molar-refractivity contribution in [1.29, 1.82) is 0 Å². The lowest BCUT2D eigenvalue weighted by Crippen LogP contribution is -2.31. The van der Waals surface area contributed by atoms with Crippen LogP contribution in [0.5, 0.6) is 0 Å². The van der Waals surface area contributed by atoms with E-state index in [0.29, 0.717) is 5.56 Å². The Kier molecular flexibility index (Phi) is 4.05. The van der Waals surface area contributed by atoms with Gasteiger partial charge >= 0.3 is 0 Å². The molecule has 0 aromatic heterocycles. The minimum atomic E-state index is -0.544. The van der Waals surface area contributed by atoms with E-state index in [1.54, 1.807) is 0 Å². The summed E-state index contributed by atoms with van der Waals surface area (Å²) in [6, 6.07) is 13.1. The van der Waals surface area contributed by atoms with Crippen molar-refractivity contribution in [3.05, 3.63) is 70.8 Å². The topological polar surface area (TPSA) is 86.7 Å². The standard InChI is InChI=1S/C20H18N2O4/c23-11-17(12-4-2-1-3-5-12)21-18(24)13-6-9-15-16(10-13)20(26)22(19(15)25)14-7-8-14/h1-6,9-10,14,17,23H,7-8,11H2,(H,21,24). The third-order valence-corrected chi connectivity index (χ3v) is 4.78. The number of aliphatic hydroxyl groups excluding tert-OH is 1. The Balaban J connectivity index is 1.57. The van der Waals surface area contributed by atoms with Crippen LogP contribution in [-0.2, 0) is 0 Å². The van der Waals surface area contributed by atoms with E-state index < -0.39 is 11.9 Å². The van der Waals surface area contributed by atoms with Crippen molar-refractivity contribution in [1.82, 2.24) is 10.2 Å². The molecule has 1 aliphatic heterocycles. The van der Waals surface area contributed by atoms with Crippen LogP contribution in [0, 0.1) is 0 Å². The highest BCUT2D eigenvalue weighted by molar-refractivity contribution is 6.22. The molecule has 2 aromatic rings. The van der Waals surface area contributed by atoms with Gasteiger partial charge in [-0.3, -0.25) is 19.3 Å². The van der Waals surface area contributed by atoms with Gasteiger partial charge in [0.05, 0.1) is 23.8 Å². The predicted molar refractivity (Wildman–Crippen MR) is 93.7 cm³/mol. The molecule has 0 spiro atoms. The number of benzene rings is 2. The molecule has 2 aliphatic rings. The van der Waals surface area contributed by atoms with Crippen molar-refractivity contribution in [2.24, 2.45) is 0 Å². The van der Waals surface area contributed by atoms with E-state index in [0.717, 1.165) is 18.4 Å². The molecule has 6 heteroatoms. The number of nitrogens with one attached hydrogen (secondary N) is 1. The number of aliphatic hydroxyl groups is 1. The van der Waals surface area contributed by atoms with Crippen molar-refractivity contribution in [2.75, 3.05) is 6.61 Å². The zero-order chi connectivity index (χ0) is 18.3. The van der Waals surface area contributed by atoms with E-state index >= 15 is 0 Å². The highest BCUT2D eigenvalue weighted by Gasteiger charge is 2.44. The molecule has 0 radical (unpaired) electrons. The summed E-state index contributed by atoms with van der Waals surface area (Å²) < 4.78 is 0. The van der Waals surface area contributed by atoms with Gasteiger partial charge in [-0.05, 0) is 36.6 Å². The van der Waals surface area contributed by atoms with Gasteiger partial charge in [-0.1, -0.05) is 30.3 Å². The Morgan fingerprint density at radius 1 is 1.08 bits per heavy atom. The fraction of sp³-hybridized carbons (Fsp3) is 0.250. The second kappa shape index (κ2) is 6.38. The molecule has 4 rings (SSSR count). The quantitative estimate of drug-likeness (QED) is 0.807. The number of nitrogens with zero attached hydrogens (tertiary/aromatic N) is 1. The number of carbonyl (C=O) groups is 3. The van der Waals surface area contributed by atoms with Gasteiger partial charge in [-0.25, -0.2) is 0 Å². The van der Waals surface area contributed by atoms with E-state index in [4.69, 9.17) is 0 Å². The number of hydrogen-bond acceptors (Lipinski definition) is 4. The first-order valence-corrected chi connectivity index (χ1v) is 8.58. The summed E-state index contributed by atoms with van der Waals surface area (Å²) in [4.78, 5) is 38.7. The van der Waals surface area contributed by atoms with E-state index in [1.165, 1.54) is 23.1 Å². The number of carbonyl (C=O) groups excluding carboxylic acids is 3. The van der Waals surface area contributed by atoms with Gasteiger partial charge in [0.25, 0.3) is 17.7 Å². The van der Waals surface area contributed by atoms with Crippen LogP contribution in [0.4, 0.5) is 0 Å². The normalized spacial score (nSPS) is 17.2. The van der Waals surface area contributed by atoms with Gasteiger partial charge in [0.1, 0.15) is 0 Å². The van der Waals surface area contributed by atoms with Crippen molar-refractivity contribution < 1.29 is 19.5 Å². The summed E-state index contributed by atoms with van der Waals surface area (Å²) in [5, 5.41) is 12.4. The van der Waals surface area contributed by atoms with Gasteiger partial charge in [-0.15, -0.1) is 0 Å². The Labute approximate surface area is 150 Å². The number of imide groups is 1. The molecule has 1 fully saturated rings. The van der Waals surface area contributed by atoms with Crippen LogP contribution in [-0.4, -0.2) is 40.4 Å². The first-order valence-electron chi connectivity index (χ1n) is 8.58. The minimum Gasteiger partial charge on any atom is -0.394 e. The lowest BCUT2D eigenvalue weighted by Gasteiger charge is -2.17. The molecule has 6 nitrogen and oxygen atoms in total. The van der Waals surface area contributed by atoms with Crippen molar-refractivity contribution >= 4 is 17.7 Å². The highest BCUT2D eigenvalue weighted by Crippen LogP contribution is 2.34. The van der Waals surface area contributed by atoms with Crippen LogP contribution >= 0.6 is 0 Å². The van der Waals surface area contributed by atoms with Gasteiger partial charge in [-0.2, -0.15) is 0 Å². The molecule has 0 saturated heterocycles. The first-order chi connectivity index (χ1) is 12.6. The Morgan fingerprint density at radius 3 is 2.42 bits per heavy atom. The van der Waals surface area contributed by atoms with Crippen LogP contribution in [0.25, 0.3) is 0 Å². The second-order valence-electron chi connectivity index (χ2n) is 6.59. The molecule has 1 aliphatic carbocycles. The average Bonchev–Trinajstić information content (AvgIpc) is 3.47. The summed E-state index contributed by atoms with van der Waals surface area (Å²) in [6.45, 7) is -0.242. The SMILES string of the molecule is O=C(NC(CO)c1ccccc1)c1ccc2c(c1)C(=O)N(C1CC1)C2=O. The third-order valence-electron chi connectivity index (χ3n) is 4.78. The van der Waals surface area contributed by atoms with Gasteiger partial charge in [0, 0.05) is 11.6 Å². The molecular weight excluding hydrogens is 332 g/mol. The molecule has 1 heterocycles. The van der Waals surface area contributed by atoms with E-state index in [-0.39, 0.29) is 35.6 Å². The smallest absolute Gasteiger partial charge is 0.261 e. The molecule has 1 atom stereocenters. The largest absolute Gasteiger partial charge is 0.394 e. The van der Waals surface area contributed by atoms with E-state index in [1.807, 2.05) is 30.3 Å². The predicted octanol–water partition coefficient (Wildman–Crippen LogP) is 1.91. The molecule has 2 N–H and O–H groups in total. The Morgan fingerprint density at radius 2 is 1.77 bits per heavy atom. The van der Waals surface area contributed by atoms with Crippen LogP contribution in [0.3, 0.4) is 0 Å². The van der Waals surface area contributed by atoms with Gasteiger partial charge < -0.3 is 10.4 Å². The summed E-state index contributed by atoms with van der Waals surface area (Å²) in [7, 11) is 0. The number of hydrogen-bond donors (Lipinski definition) is 2. The number of amides is 3. The van der Waals surface area contributed by atoms with Crippen LogP contribution in [0.15, 0.2) is 48.5 Å². The maximum absolute atomic E-state index is 12.6. The van der Waals surface area contributed by atoms with Crippen molar-refractivity contribution in [2.45, 2.75) is 24.9 Å². The summed E-state index contributed by atoms with van der Waals surface area (Å²) in [6.07, 6.45) is 1.68. The maximum atomic E-state index is 12.6. The Hall–Kier alpha value is -2.99. The lowest BCUT2D eigenvalue weighted by atomic mass is 10.0. The fourth-order valence-corrected chi connectivity index (χ4v) is 3.23. The summed E-state index contributed by atoms with van der Waals surface area (Å²) >= 11 is 0. The molecular formula is C20H18N2O4. The third kappa shape index (κ3) is 2.78. The van der Waals surface area contributed by atoms with Crippen molar-refractivity contribution in [3.63, 3.8) is 0 Å². The monoisotopic (exact) mass is 350 g/mol. The molecule has 3 amide bonds. The summed E-state index contributed by atoms with van der Waals surface area (Å²) in [5.41, 5.74) is 1.70. The molecule has 1 unspecified atom stereocenters.